The zero-order valence-electron chi connectivity index (χ0n) is 14.0. The lowest BCUT2D eigenvalue weighted by Crippen LogP contribution is -2.45. The van der Waals surface area contributed by atoms with Gasteiger partial charge in [-0.1, -0.05) is 33.8 Å². The number of methoxy groups -OCH3 is 1. The van der Waals surface area contributed by atoms with E-state index in [-0.39, 0.29) is 11.6 Å². The molecule has 0 radical (unpaired) electrons. The van der Waals surface area contributed by atoms with E-state index < -0.39 is 0 Å². The molecule has 2 N–H and O–H groups in total. The van der Waals surface area contributed by atoms with Gasteiger partial charge in [-0.2, -0.15) is 0 Å². The summed E-state index contributed by atoms with van der Waals surface area (Å²) in [7, 11) is 1.68. The highest BCUT2D eigenvalue weighted by atomic mass is 16.5. The summed E-state index contributed by atoms with van der Waals surface area (Å²) in [6.45, 7) is 8.99. The van der Waals surface area contributed by atoms with E-state index >= 15 is 0 Å². The van der Waals surface area contributed by atoms with E-state index in [2.05, 4.69) is 27.7 Å². The first kappa shape index (κ1) is 16.2. The molecule has 1 aliphatic rings. The molecule has 0 spiro atoms. The fraction of sp³-hybridized carbons (Fsp3) is 0.667. The molecular weight excluding hydrogens is 262 g/mol. The molecule has 1 aromatic carbocycles. The number of ether oxygens (including phenoxy) is 2. The Kier molecular flexibility index (Phi) is 4.82. The van der Waals surface area contributed by atoms with Crippen LogP contribution < -0.4 is 15.2 Å². The average Bonchev–Trinajstić information content (AvgIpc) is 2.35. The summed E-state index contributed by atoms with van der Waals surface area (Å²) < 4.78 is 11.8. The van der Waals surface area contributed by atoms with Gasteiger partial charge in [0.1, 0.15) is 17.1 Å². The van der Waals surface area contributed by atoms with Crippen molar-refractivity contribution in [1.29, 1.82) is 0 Å². The molecular formula is C18H29NO2. The molecule has 0 amide bonds. The summed E-state index contributed by atoms with van der Waals surface area (Å²) >= 11 is 0. The topological polar surface area (TPSA) is 44.5 Å². The zero-order valence-corrected chi connectivity index (χ0v) is 14.0. The van der Waals surface area contributed by atoms with Crippen LogP contribution in [0.1, 0.15) is 58.6 Å². The van der Waals surface area contributed by atoms with Gasteiger partial charge in [-0.05, 0) is 30.7 Å². The van der Waals surface area contributed by atoms with E-state index in [0.717, 1.165) is 36.3 Å². The Labute approximate surface area is 128 Å². The Bertz CT molecular complexity index is 472. The second kappa shape index (κ2) is 6.27. The van der Waals surface area contributed by atoms with Crippen LogP contribution in [-0.2, 0) is 0 Å². The number of benzene rings is 1. The SMILES string of the molecule is COc1ccc2c(c1)OC(CC(C)C)(CC(C)C)C[C@H]2N. The summed E-state index contributed by atoms with van der Waals surface area (Å²) in [5.74, 6) is 2.89. The highest BCUT2D eigenvalue weighted by Crippen LogP contribution is 2.45. The van der Waals surface area contributed by atoms with Gasteiger partial charge in [0.05, 0.1) is 7.11 Å². The van der Waals surface area contributed by atoms with Crippen LogP contribution >= 0.6 is 0 Å². The van der Waals surface area contributed by atoms with Gasteiger partial charge in [-0.3, -0.25) is 0 Å². The van der Waals surface area contributed by atoms with Crippen molar-refractivity contribution in [2.45, 2.75) is 58.6 Å². The lowest BCUT2D eigenvalue weighted by molar-refractivity contribution is -0.00178. The van der Waals surface area contributed by atoms with Gasteiger partial charge in [0, 0.05) is 24.1 Å². The van der Waals surface area contributed by atoms with Crippen LogP contribution in [-0.4, -0.2) is 12.7 Å². The average molecular weight is 291 g/mol. The van der Waals surface area contributed by atoms with Gasteiger partial charge in [0.15, 0.2) is 0 Å². The number of hydrogen-bond donors (Lipinski definition) is 1. The molecule has 118 valence electrons. The number of hydrogen-bond acceptors (Lipinski definition) is 3. The van der Waals surface area contributed by atoms with Crippen LogP contribution in [0.25, 0.3) is 0 Å². The first-order valence-electron chi connectivity index (χ1n) is 7.98. The molecule has 1 heterocycles. The minimum atomic E-state index is -0.152. The van der Waals surface area contributed by atoms with E-state index in [1.54, 1.807) is 7.11 Å². The second-order valence-corrected chi connectivity index (χ2v) is 7.20. The first-order valence-corrected chi connectivity index (χ1v) is 7.98. The third kappa shape index (κ3) is 3.70. The van der Waals surface area contributed by atoms with Gasteiger partial charge in [-0.15, -0.1) is 0 Å². The third-order valence-corrected chi connectivity index (χ3v) is 4.10. The summed E-state index contributed by atoms with van der Waals surface area (Å²) in [6, 6.07) is 6.01. The van der Waals surface area contributed by atoms with Gasteiger partial charge in [0.2, 0.25) is 0 Å². The van der Waals surface area contributed by atoms with Crippen molar-refractivity contribution in [2.75, 3.05) is 7.11 Å². The van der Waals surface area contributed by atoms with E-state index in [1.807, 2.05) is 18.2 Å². The first-order chi connectivity index (χ1) is 9.85. The molecule has 0 unspecified atom stereocenters. The molecule has 0 aromatic heterocycles. The Morgan fingerprint density at radius 1 is 1.24 bits per heavy atom. The maximum Gasteiger partial charge on any atom is 0.128 e. The van der Waals surface area contributed by atoms with Crippen molar-refractivity contribution < 1.29 is 9.47 Å². The van der Waals surface area contributed by atoms with Crippen LogP contribution in [0.15, 0.2) is 18.2 Å². The van der Waals surface area contributed by atoms with E-state index in [9.17, 15) is 0 Å². The van der Waals surface area contributed by atoms with E-state index in [4.69, 9.17) is 15.2 Å². The predicted molar refractivity (Wildman–Crippen MR) is 86.8 cm³/mol. The number of nitrogens with two attached hydrogens (primary N) is 1. The molecule has 0 saturated heterocycles. The summed E-state index contributed by atoms with van der Waals surface area (Å²) in [5, 5.41) is 0. The Morgan fingerprint density at radius 2 is 1.86 bits per heavy atom. The van der Waals surface area contributed by atoms with Crippen molar-refractivity contribution in [1.82, 2.24) is 0 Å². The van der Waals surface area contributed by atoms with Crippen molar-refractivity contribution in [2.24, 2.45) is 17.6 Å². The standard InChI is InChI=1S/C18H29NO2/c1-12(2)9-18(10-13(3)4)11-16(19)15-7-6-14(20-5)8-17(15)21-18/h6-8,12-13,16H,9-11,19H2,1-5H3/t16-/m1/s1. The van der Waals surface area contributed by atoms with E-state index in [1.165, 1.54) is 0 Å². The Morgan fingerprint density at radius 3 is 2.38 bits per heavy atom. The monoisotopic (exact) mass is 291 g/mol. The van der Waals surface area contributed by atoms with Gasteiger partial charge in [0.25, 0.3) is 0 Å². The molecule has 3 heteroatoms. The minimum Gasteiger partial charge on any atom is -0.497 e. The molecule has 2 rings (SSSR count). The molecule has 21 heavy (non-hydrogen) atoms. The van der Waals surface area contributed by atoms with Crippen LogP contribution in [0.4, 0.5) is 0 Å². The lowest BCUT2D eigenvalue weighted by atomic mass is 9.77. The van der Waals surface area contributed by atoms with Crippen molar-refractivity contribution in [3.05, 3.63) is 23.8 Å². The highest BCUT2D eigenvalue weighted by molar-refractivity contribution is 5.44. The third-order valence-electron chi connectivity index (χ3n) is 4.10. The molecule has 0 bridgehead atoms. The molecule has 0 aliphatic carbocycles. The van der Waals surface area contributed by atoms with Crippen LogP contribution in [0.2, 0.25) is 0 Å². The Balaban J connectivity index is 2.36. The number of rotatable bonds is 5. The van der Waals surface area contributed by atoms with E-state index in [0.29, 0.717) is 11.8 Å². The minimum absolute atomic E-state index is 0.0390. The fourth-order valence-corrected chi connectivity index (χ4v) is 3.64. The maximum absolute atomic E-state index is 6.49. The summed E-state index contributed by atoms with van der Waals surface area (Å²) in [4.78, 5) is 0. The lowest BCUT2D eigenvalue weighted by Gasteiger charge is -2.43. The van der Waals surface area contributed by atoms with Crippen molar-refractivity contribution >= 4 is 0 Å². The number of fused-ring (bicyclic) bond motifs is 1. The van der Waals surface area contributed by atoms with Crippen molar-refractivity contribution in [3.63, 3.8) is 0 Å². The zero-order chi connectivity index (χ0) is 15.6. The van der Waals surface area contributed by atoms with Crippen LogP contribution in [0.3, 0.4) is 0 Å². The molecule has 0 fully saturated rings. The van der Waals surface area contributed by atoms with Gasteiger partial charge < -0.3 is 15.2 Å². The molecule has 1 aliphatic heterocycles. The molecule has 1 atom stereocenters. The largest absolute Gasteiger partial charge is 0.497 e. The van der Waals surface area contributed by atoms with Crippen LogP contribution in [0.5, 0.6) is 11.5 Å². The summed E-state index contributed by atoms with van der Waals surface area (Å²) in [6.07, 6.45) is 2.97. The fourth-order valence-electron chi connectivity index (χ4n) is 3.64. The smallest absolute Gasteiger partial charge is 0.128 e. The summed E-state index contributed by atoms with van der Waals surface area (Å²) in [5.41, 5.74) is 7.39. The Hall–Kier alpha value is -1.22. The molecule has 1 aromatic rings. The predicted octanol–water partition coefficient (Wildman–Crippen LogP) is 4.31. The normalized spacial score (nSPS) is 20.3. The highest BCUT2D eigenvalue weighted by Gasteiger charge is 2.40. The van der Waals surface area contributed by atoms with Crippen LogP contribution in [0, 0.1) is 11.8 Å². The molecule has 0 saturated carbocycles. The second-order valence-electron chi connectivity index (χ2n) is 7.20. The van der Waals surface area contributed by atoms with Crippen molar-refractivity contribution in [3.8, 4) is 11.5 Å². The van der Waals surface area contributed by atoms with Gasteiger partial charge >= 0.3 is 0 Å². The molecule has 3 nitrogen and oxygen atoms in total. The quantitative estimate of drug-likeness (QED) is 0.879. The van der Waals surface area contributed by atoms with Gasteiger partial charge in [-0.25, -0.2) is 0 Å². The maximum atomic E-state index is 6.49.